The van der Waals surface area contributed by atoms with Crippen molar-refractivity contribution in [3.05, 3.63) is 284 Å². The Morgan fingerprint density at radius 2 is 0.500 bits per heavy atom. The Labute approximate surface area is 565 Å². The molecule has 88 heavy (non-hydrogen) atoms. The Morgan fingerprint density at radius 1 is 0.295 bits per heavy atom. The van der Waals surface area contributed by atoms with Gasteiger partial charge in [-0.15, -0.1) is 11.4 Å². The number of para-hydroxylation sites is 4. The molecule has 2 radical (unpaired) electrons. The second-order valence-corrected chi connectivity index (χ2v) is 24.4. The summed E-state index contributed by atoms with van der Waals surface area (Å²) in [5, 5.41) is 10.2. The third kappa shape index (κ3) is 24.7. The van der Waals surface area contributed by atoms with Crippen LogP contribution in [0.25, 0.3) is 21.8 Å². The molecule has 0 aromatic heterocycles. The number of hydrogen-bond acceptors (Lipinski definition) is 4. The molecule has 8 aromatic rings. The van der Waals surface area contributed by atoms with Gasteiger partial charge in [0.25, 0.3) is 0 Å². The second-order valence-electron chi connectivity index (χ2n) is 24.4. The quantitative estimate of drug-likeness (QED) is 0.0372. The zero-order valence-corrected chi connectivity index (χ0v) is 59.1. The summed E-state index contributed by atoms with van der Waals surface area (Å²) in [5.41, 5.74) is 21.5. The van der Waals surface area contributed by atoms with E-state index >= 15 is 0 Å². The summed E-state index contributed by atoms with van der Waals surface area (Å²) in [6.45, 7) is 39.9. The molecule has 8 rings (SSSR count). The smallest absolute Gasteiger partial charge is 1.00 e. The zero-order chi connectivity index (χ0) is 63.3. The van der Waals surface area contributed by atoms with E-state index in [9.17, 15) is 0 Å². The van der Waals surface area contributed by atoms with Gasteiger partial charge in [-0.25, -0.2) is 0 Å². The molecule has 0 amide bonds. The van der Waals surface area contributed by atoms with E-state index in [1.165, 1.54) is 55.6 Å². The minimum Gasteiger partial charge on any atom is -1.00 e. The standard InChI is InChI=1S/2C33H41N2.2C7H8.2Cu.S2/c2*1-22(2)28-16-12-17-29(23(3)4)32(28)34-20-27(26-14-10-9-11-15-26)21-35-33-30(24(5)6)18-13-19-31(33)25(7)8;2*1-7-5-3-2-4-6-7;;;1-2/h2*9-25H,1-8H3;2*2-6H,1H3;;;/q2*-1;;;2*+2;-2/b2*27-20+,35-21?;;;;;. The first-order valence-corrected chi connectivity index (χ1v) is 32.2. The topological polar surface area (TPSA) is 52.9 Å². The minimum atomic E-state index is 0. The van der Waals surface area contributed by atoms with Crippen LogP contribution in [0.1, 0.15) is 225 Å². The summed E-state index contributed by atoms with van der Waals surface area (Å²) in [5.74, 6) is 3.23. The van der Waals surface area contributed by atoms with Gasteiger partial charge >= 0.3 is 34.1 Å². The van der Waals surface area contributed by atoms with Gasteiger partial charge in [-0.2, -0.15) is 12.4 Å². The number of hydrogen-bond donors (Lipinski definition) is 0. The largest absolute Gasteiger partial charge is 2.00 e. The van der Waals surface area contributed by atoms with Crippen LogP contribution >= 0.6 is 0 Å². The van der Waals surface area contributed by atoms with Crippen molar-refractivity contribution in [3.8, 4) is 0 Å². The van der Waals surface area contributed by atoms with Gasteiger partial charge in [0.15, 0.2) is 0 Å². The van der Waals surface area contributed by atoms with E-state index < -0.39 is 0 Å². The number of benzene rings is 8. The number of nitrogens with zero attached hydrogens (tertiary/aromatic N) is 4. The monoisotopic (exact) mass is 1300 g/mol. The van der Waals surface area contributed by atoms with E-state index in [2.05, 4.69) is 294 Å². The van der Waals surface area contributed by atoms with Crippen molar-refractivity contribution < 1.29 is 34.1 Å². The fourth-order valence-electron chi connectivity index (χ4n) is 9.87. The zero-order valence-electron chi connectivity index (χ0n) is 55.6. The van der Waals surface area contributed by atoms with Gasteiger partial charge in [0.2, 0.25) is 0 Å². The van der Waals surface area contributed by atoms with Crippen LogP contribution in [0.15, 0.2) is 217 Å². The molecule has 0 fully saturated rings. The van der Waals surface area contributed by atoms with Crippen molar-refractivity contribution >= 4 is 69.6 Å². The molecule has 0 atom stereocenters. The van der Waals surface area contributed by atoms with Gasteiger partial charge in [0, 0.05) is 12.4 Å². The van der Waals surface area contributed by atoms with Crippen molar-refractivity contribution in [3.63, 3.8) is 0 Å². The van der Waals surface area contributed by atoms with Crippen molar-refractivity contribution in [2.45, 2.75) is 172 Å². The molecule has 4 nitrogen and oxygen atoms in total. The van der Waals surface area contributed by atoms with E-state index in [4.69, 9.17) is 20.6 Å². The van der Waals surface area contributed by atoms with E-state index in [1.807, 2.05) is 73.4 Å². The van der Waals surface area contributed by atoms with Crippen molar-refractivity contribution in [1.82, 2.24) is 0 Å². The Kier molecular flexibility index (Phi) is 36.6. The third-order valence-corrected chi connectivity index (χ3v) is 14.8. The Balaban J connectivity index is 0.000000469. The molecular weight excluding hydrogens is 1210 g/mol. The molecule has 0 saturated carbocycles. The summed E-state index contributed by atoms with van der Waals surface area (Å²) in [6, 6.07) is 67.6. The molecule has 8 heteroatoms. The number of allylic oxidation sites excluding steroid dienone is 2. The van der Waals surface area contributed by atoms with Crippen LogP contribution in [0.5, 0.6) is 0 Å². The summed E-state index contributed by atoms with van der Waals surface area (Å²) < 4.78 is 0. The normalized spacial score (nSPS) is 11.4. The summed E-state index contributed by atoms with van der Waals surface area (Å²) in [6.07, 6.45) is 8.00. The van der Waals surface area contributed by atoms with Gasteiger partial charge in [-0.05, 0) is 106 Å². The Bertz CT molecular complexity index is 3030. The molecule has 0 unspecified atom stereocenters. The van der Waals surface area contributed by atoms with E-state index in [0.717, 1.165) is 45.0 Å². The molecule has 0 heterocycles. The average molecular weight is 1310 g/mol. The SMILES string of the molecule is CC(C)c1cccc(C(C)C)c1N=C/C(=C\[N-]c1c(C(C)C)cccc1C(C)C)c1ccccc1.CC(C)c1cccc(C(C)C)c1N=C/C(=C\[N-]c1c(C(C)C)cccc1C(C)C)c1ccccc1.Cc1ccccc1.Cc1ccccc1.[Cu+2].[Cu+2].[S-][S-]. The maximum absolute atomic E-state index is 5.10. The third-order valence-electron chi connectivity index (χ3n) is 14.8. The van der Waals surface area contributed by atoms with E-state index in [1.54, 1.807) is 0 Å². The van der Waals surface area contributed by atoms with Crippen LogP contribution in [-0.2, 0) is 57.5 Å². The van der Waals surface area contributed by atoms with Gasteiger partial charge in [0.1, 0.15) is 0 Å². The second kappa shape index (κ2) is 41.3. The van der Waals surface area contributed by atoms with Crippen LogP contribution in [0, 0.1) is 13.8 Å². The molecule has 0 N–H and O–H groups in total. The first kappa shape index (κ1) is 78.0. The molecule has 0 aliphatic carbocycles. The molecule has 472 valence electrons. The fourth-order valence-corrected chi connectivity index (χ4v) is 9.87. The van der Waals surface area contributed by atoms with Crippen LogP contribution in [0.3, 0.4) is 0 Å². The maximum Gasteiger partial charge on any atom is 2.00 e. The van der Waals surface area contributed by atoms with Crippen LogP contribution in [0.2, 0.25) is 0 Å². The molecule has 8 aromatic carbocycles. The minimum absolute atomic E-state index is 0. The molecule has 0 aliphatic heterocycles. The summed E-state index contributed by atoms with van der Waals surface area (Å²) in [4.78, 5) is 10.2. The molecule has 0 aliphatic rings. The van der Waals surface area contributed by atoms with Crippen molar-refractivity contribution in [2.75, 3.05) is 0 Å². The Morgan fingerprint density at radius 3 is 0.693 bits per heavy atom. The average Bonchev–Trinajstić information content (AvgIpc) is 3.60. The molecule has 0 spiro atoms. The van der Waals surface area contributed by atoms with Gasteiger partial charge < -0.3 is 34.0 Å². The van der Waals surface area contributed by atoms with E-state index in [-0.39, 0.29) is 34.1 Å². The van der Waals surface area contributed by atoms with Crippen molar-refractivity contribution in [1.29, 1.82) is 0 Å². The van der Waals surface area contributed by atoms with Crippen molar-refractivity contribution in [2.24, 2.45) is 9.98 Å². The first-order valence-electron chi connectivity index (χ1n) is 30.9. The Hall–Kier alpha value is -6.08. The van der Waals surface area contributed by atoms with Crippen LogP contribution in [-0.4, -0.2) is 12.4 Å². The van der Waals surface area contributed by atoms with Gasteiger partial charge in [-0.1, -0.05) is 338 Å². The van der Waals surface area contributed by atoms with E-state index in [0.29, 0.717) is 47.3 Å². The summed E-state index contributed by atoms with van der Waals surface area (Å²) >= 11 is 7.33. The fraction of sp³-hybridized carbons (Fsp3) is 0.325. The van der Waals surface area contributed by atoms with Gasteiger partial charge in [-0.3, -0.25) is 9.98 Å². The molecular formula is C80H98Cu2N4S2. The van der Waals surface area contributed by atoms with Crippen LogP contribution < -0.4 is 0 Å². The predicted octanol–water partition coefficient (Wildman–Crippen LogP) is 25.2. The summed E-state index contributed by atoms with van der Waals surface area (Å²) in [7, 11) is 0. The van der Waals surface area contributed by atoms with Crippen LogP contribution in [0.4, 0.5) is 22.7 Å². The molecule has 0 bridgehead atoms. The predicted molar refractivity (Wildman–Crippen MR) is 387 cm³/mol. The number of rotatable bonds is 18. The molecule has 0 saturated heterocycles. The first-order chi connectivity index (χ1) is 41.2. The number of aliphatic imine (C=N–C) groups is 2. The number of aryl methyl sites for hydroxylation is 2. The maximum atomic E-state index is 5.10. The van der Waals surface area contributed by atoms with Gasteiger partial charge in [0.05, 0.1) is 11.4 Å².